The van der Waals surface area contributed by atoms with Gasteiger partial charge in [-0.25, -0.2) is 4.98 Å². The van der Waals surface area contributed by atoms with Gasteiger partial charge in [0, 0.05) is 17.8 Å². The Morgan fingerprint density at radius 1 is 1.50 bits per heavy atom. The van der Waals surface area contributed by atoms with Crippen molar-refractivity contribution in [2.24, 2.45) is 5.92 Å². The Balaban J connectivity index is 1.93. The molecule has 18 heavy (non-hydrogen) atoms. The van der Waals surface area contributed by atoms with Gasteiger partial charge in [0.1, 0.15) is 12.1 Å². The number of aryl methyl sites for hydroxylation is 1. The number of anilines is 1. The molecule has 0 bridgehead atoms. The third kappa shape index (κ3) is 2.17. The van der Waals surface area contributed by atoms with Crippen LogP contribution in [0.3, 0.4) is 0 Å². The molecule has 0 radical (unpaired) electrons. The van der Waals surface area contributed by atoms with Gasteiger partial charge in [0.15, 0.2) is 0 Å². The summed E-state index contributed by atoms with van der Waals surface area (Å²) in [5.74, 6) is 2.51. The van der Waals surface area contributed by atoms with E-state index >= 15 is 0 Å². The summed E-state index contributed by atoms with van der Waals surface area (Å²) in [5, 5.41) is 7.79. The first kappa shape index (κ1) is 11.4. The highest BCUT2D eigenvalue weighted by molar-refractivity contribution is 5.45. The van der Waals surface area contributed by atoms with Gasteiger partial charge >= 0.3 is 0 Å². The van der Waals surface area contributed by atoms with Crippen molar-refractivity contribution in [2.45, 2.75) is 45.6 Å². The topological polar surface area (TPSA) is 55.1 Å². The van der Waals surface area contributed by atoms with E-state index in [9.17, 15) is 0 Å². The fraction of sp³-hybridized carbons (Fsp3) is 0.615. The molecular weight excluding hydrogens is 226 g/mol. The standard InChI is InChI=1S/C13H19N5/c1-3-4-11-7-12(16-9(2)10-5-6-10)18-13(17-11)14-8-15-18/h7-10,16H,3-6H2,1-2H3/t9-/m1/s1. The molecular formula is C13H19N5. The van der Waals surface area contributed by atoms with Crippen LogP contribution in [0.15, 0.2) is 12.4 Å². The van der Waals surface area contributed by atoms with Gasteiger partial charge in [0.2, 0.25) is 0 Å². The molecule has 2 heterocycles. The zero-order valence-corrected chi connectivity index (χ0v) is 10.9. The lowest BCUT2D eigenvalue weighted by atomic mass is 10.2. The van der Waals surface area contributed by atoms with Crippen molar-refractivity contribution in [1.29, 1.82) is 0 Å². The molecule has 1 saturated carbocycles. The van der Waals surface area contributed by atoms with Crippen molar-refractivity contribution in [3.63, 3.8) is 0 Å². The second kappa shape index (κ2) is 4.55. The Morgan fingerprint density at radius 3 is 3.06 bits per heavy atom. The number of hydrogen-bond donors (Lipinski definition) is 1. The summed E-state index contributed by atoms with van der Waals surface area (Å²) in [4.78, 5) is 8.69. The molecule has 1 atom stereocenters. The van der Waals surface area contributed by atoms with E-state index in [1.807, 2.05) is 0 Å². The molecule has 3 rings (SSSR count). The third-order valence-corrected chi connectivity index (χ3v) is 3.52. The molecule has 0 amide bonds. The highest BCUT2D eigenvalue weighted by Crippen LogP contribution is 2.33. The highest BCUT2D eigenvalue weighted by atomic mass is 15.4. The lowest BCUT2D eigenvalue weighted by Gasteiger charge is -2.15. The normalized spacial score (nSPS) is 17.0. The average Bonchev–Trinajstić information content (AvgIpc) is 3.09. The molecule has 0 aliphatic heterocycles. The summed E-state index contributed by atoms with van der Waals surface area (Å²) < 4.78 is 1.79. The van der Waals surface area contributed by atoms with Gasteiger partial charge in [-0.2, -0.15) is 14.6 Å². The molecule has 2 aromatic rings. The van der Waals surface area contributed by atoms with Crippen molar-refractivity contribution in [3.8, 4) is 0 Å². The Morgan fingerprint density at radius 2 is 2.33 bits per heavy atom. The lowest BCUT2D eigenvalue weighted by Crippen LogP contribution is -2.20. The molecule has 1 fully saturated rings. The largest absolute Gasteiger partial charge is 0.367 e. The fourth-order valence-electron chi connectivity index (χ4n) is 2.30. The third-order valence-electron chi connectivity index (χ3n) is 3.52. The maximum absolute atomic E-state index is 4.50. The molecule has 96 valence electrons. The quantitative estimate of drug-likeness (QED) is 0.878. The number of aromatic nitrogens is 4. The van der Waals surface area contributed by atoms with Crippen LogP contribution in [0, 0.1) is 5.92 Å². The summed E-state index contributed by atoms with van der Waals surface area (Å²) in [6.07, 6.45) is 6.30. The molecule has 5 nitrogen and oxygen atoms in total. The van der Waals surface area contributed by atoms with Crippen molar-refractivity contribution >= 4 is 11.6 Å². The molecule has 0 aromatic carbocycles. The summed E-state index contributed by atoms with van der Waals surface area (Å²) >= 11 is 0. The fourth-order valence-corrected chi connectivity index (χ4v) is 2.30. The predicted molar refractivity (Wildman–Crippen MR) is 70.6 cm³/mol. The van der Waals surface area contributed by atoms with Crippen LogP contribution in [0.2, 0.25) is 0 Å². The van der Waals surface area contributed by atoms with E-state index in [2.05, 4.69) is 40.3 Å². The highest BCUT2D eigenvalue weighted by Gasteiger charge is 2.28. The maximum atomic E-state index is 4.50. The number of nitrogens with one attached hydrogen (secondary N) is 1. The molecule has 2 aromatic heterocycles. The van der Waals surface area contributed by atoms with Crippen LogP contribution in [0.25, 0.3) is 5.78 Å². The lowest BCUT2D eigenvalue weighted by molar-refractivity contribution is 0.683. The van der Waals surface area contributed by atoms with Crippen LogP contribution in [0.1, 0.15) is 38.8 Å². The minimum Gasteiger partial charge on any atom is -0.367 e. The zero-order valence-electron chi connectivity index (χ0n) is 10.9. The van der Waals surface area contributed by atoms with E-state index in [-0.39, 0.29) is 0 Å². The Bertz CT molecular complexity index is 543. The van der Waals surface area contributed by atoms with E-state index in [0.29, 0.717) is 11.8 Å². The van der Waals surface area contributed by atoms with Crippen LogP contribution < -0.4 is 5.32 Å². The molecule has 1 N–H and O–H groups in total. The van der Waals surface area contributed by atoms with Gasteiger partial charge in [0.05, 0.1) is 0 Å². The Kier molecular flexibility index (Phi) is 2.89. The van der Waals surface area contributed by atoms with E-state index in [0.717, 1.165) is 30.3 Å². The van der Waals surface area contributed by atoms with E-state index in [1.54, 1.807) is 10.8 Å². The van der Waals surface area contributed by atoms with E-state index in [4.69, 9.17) is 0 Å². The van der Waals surface area contributed by atoms with Gasteiger partial charge in [-0.1, -0.05) is 13.3 Å². The number of nitrogens with zero attached hydrogens (tertiary/aromatic N) is 4. The molecule has 0 unspecified atom stereocenters. The second-order valence-electron chi connectivity index (χ2n) is 5.13. The van der Waals surface area contributed by atoms with Gasteiger partial charge in [-0.3, -0.25) is 0 Å². The van der Waals surface area contributed by atoms with Crippen LogP contribution >= 0.6 is 0 Å². The van der Waals surface area contributed by atoms with Crippen molar-refractivity contribution < 1.29 is 0 Å². The minimum atomic E-state index is 0.495. The van der Waals surface area contributed by atoms with Gasteiger partial charge in [-0.05, 0) is 32.1 Å². The predicted octanol–water partition coefficient (Wildman–Crippen LogP) is 2.29. The van der Waals surface area contributed by atoms with Crippen molar-refractivity contribution in [3.05, 3.63) is 18.1 Å². The van der Waals surface area contributed by atoms with Crippen LogP contribution in [-0.4, -0.2) is 25.6 Å². The van der Waals surface area contributed by atoms with Gasteiger partial charge in [0.25, 0.3) is 5.78 Å². The summed E-state index contributed by atoms with van der Waals surface area (Å²) in [5.41, 5.74) is 1.09. The van der Waals surface area contributed by atoms with Crippen LogP contribution in [0.5, 0.6) is 0 Å². The SMILES string of the molecule is CCCc1cc(N[C@H](C)C2CC2)n2ncnc2n1. The summed E-state index contributed by atoms with van der Waals surface area (Å²) in [7, 11) is 0. The summed E-state index contributed by atoms with van der Waals surface area (Å²) in [6, 6.07) is 2.60. The van der Waals surface area contributed by atoms with E-state index < -0.39 is 0 Å². The Hall–Kier alpha value is -1.65. The maximum Gasteiger partial charge on any atom is 0.254 e. The zero-order chi connectivity index (χ0) is 12.5. The molecule has 1 aliphatic carbocycles. The number of hydrogen-bond acceptors (Lipinski definition) is 4. The van der Waals surface area contributed by atoms with Crippen LogP contribution in [0.4, 0.5) is 5.82 Å². The molecule has 0 saturated heterocycles. The van der Waals surface area contributed by atoms with Crippen molar-refractivity contribution in [1.82, 2.24) is 19.6 Å². The number of rotatable bonds is 5. The minimum absolute atomic E-state index is 0.495. The van der Waals surface area contributed by atoms with E-state index in [1.165, 1.54) is 12.8 Å². The monoisotopic (exact) mass is 245 g/mol. The molecule has 0 spiro atoms. The second-order valence-corrected chi connectivity index (χ2v) is 5.13. The average molecular weight is 245 g/mol. The smallest absolute Gasteiger partial charge is 0.254 e. The number of fused-ring (bicyclic) bond motifs is 1. The van der Waals surface area contributed by atoms with Crippen molar-refractivity contribution in [2.75, 3.05) is 5.32 Å². The molecule has 1 aliphatic rings. The van der Waals surface area contributed by atoms with Gasteiger partial charge in [-0.15, -0.1) is 0 Å². The first-order valence-corrected chi connectivity index (χ1v) is 6.74. The Labute approximate surface area is 107 Å². The first-order chi connectivity index (χ1) is 8.78. The van der Waals surface area contributed by atoms with Crippen LogP contribution in [-0.2, 0) is 6.42 Å². The van der Waals surface area contributed by atoms with Gasteiger partial charge < -0.3 is 5.32 Å². The summed E-state index contributed by atoms with van der Waals surface area (Å²) in [6.45, 7) is 4.40. The first-order valence-electron chi connectivity index (χ1n) is 6.74. The molecule has 5 heteroatoms.